The van der Waals surface area contributed by atoms with Crippen LogP contribution < -0.4 is 5.32 Å². The normalized spacial score (nSPS) is 22.2. The van der Waals surface area contributed by atoms with Crippen LogP contribution in [0.2, 0.25) is 0 Å². The van der Waals surface area contributed by atoms with Crippen LogP contribution in [0.4, 0.5) is 0 Å². The molecule has 3 N–H and O–H groups in total. The Labute approximate surface area is 198 Å². The minimum Gasteiger partial charge on any atom is -0.388 e. The summed E-state index contributed by atoms with van der Waals surface area (Å²) in [4.78, 5) is 18.4. The van der Waals surface area contributed by atoms with E-state index in [1.807, 2.05) is 31.3 Å². The molecule has 4 rings (SSSR count). The molecule has 1 aliphatic heterocycles. The third-order valence-electron chi connectivity index (χ3n) is 5.74. The number of aromatic nitrogens is 4. The minimum absolute atomic E-state index is 0.0537. The predicted octanol–water partition coefficient (Wildman–Crippen LogP) is 0.501. The van der Waals surface area contributed by atoms with Crippen molar-refractivity contribution in [2.24, 2.45) is 0 Å². The molecule has 1 fully saturated rings. The first kappa shape index (κ1) is 24.0. The van der Waals surface area contributed by atoms with Crippen molar-refractivity contribution in [3.05, 3.63) is 77.9 Å². The molecule has 0 spiro atoms. The number of rotatable bonds is 10. The van der Waals surface area contributed by atoms with Crippen molar-refractivity contribution in [3.63, 3.8) is 0 Å². The number of nitrogens with one attached hydrogen (secondary N) is 1. The highest BCUT2D eigenvalue weighted by Gasteiger charge is 2.43. The smallest absolute Gasteiger partial charge is 0.222 e. The predicted molar refractivity (Wildman–Crippen MR) is 123 cm³/mol. The largest absolute Gasteiger partial charge is 0.388 e. The lowest BCUT2D eigenvalue weighted by molar-refractivity contribution is -0.125. The molecular weight excluding hydrogens is 436 g/mol. The molecule has 1 aliphatic rings. The van der Waals surface area contributed by atoms with Gasteiger partial charge in [-0.25, -0.2) is 4.68 Å². The van der Waals surface area contributed by atoms with Crippen LogP contribution in [0, 0.1) is 0 Å². The molecule has 0 aliphatic carbocycles. The second-order valence-corrected chi connectivity index (χ2v) is 8.63. The van der Waals surface area contributed by atoms with E-state index >= 15 is 0 Å². The number of hydrogen-bond donors (Lipinski definition) is 3. The Balaban J connectivity index is 1.25. The standard InChI is InChI=1S/C24H30N6O4/c1-29(13-17-6-3-2-4-7-17)14-19-15-30(28-27-19)16-21-24(33)23(32)20(34-21)10-22(31)26-12-18-8-5-9-25-11-18/h2-9,11,15,20-21,23-24,32-33H,10,12-14,16H2,1H3,(H,26,31)/t20-,21+,23-,24+/m0/s1. The lowest BCUT2D eigenvalue weighted by Crippen LogP contribution is -2.36. The molecule has 1 aromatic carbocycles. The van der Waals surface area contributed by atoms with Crippen LogP contribution in [-0.2, 0) is 35.7 Å². The number of carbonyl (C=O) groups excluding carboxylic acids is 1. The van der Waals surface area contributed by atoms with Gasteiger partial charge in [-0.3, -0.25) is 14.7 Å². The van der Waals surface area contributed by atoms with E-state index in [9.17, 15) is 15.0 Å². The molecule has 34 heavy (non-hydrogen) atoms. The van der Waals surface area contributed by atoms with Gasteiger partial charge in [-0.05, 0) is 24.2 Å². The summed E-state index contributed by atoms with van der Waals surface area (Å²) >= 11 is 0. The summed E-state index contributed by atoms with van der Waals surface area (Å²) in [6.45, 7) is 1.96. The average Bonchev–Trinajstić information content (AvgIpc) is 3.38. The summed E-state index contributed by atoms with van der Waals surface area (Å²) in [5.41, 5.74) is 2.88. The van der Waals surface area contributed by atoms with Gasteiger partial charge in [0.1, 0.15) is 18.3 Å². The van der Waals surface area contributed by atoms with Crippen molar-refractivity contribution >= 4 is 5.91 Å². The monoisotopic (exact) mass is 466 g/mol. The second kappa shape index (κ2) is 11.3. The number of benzene rings is 1. The highest BCUT2D eigenvalue weighted by atomic mass is 16.5. The number of ether oxygens (including phenoxy) is 1. The number of aliphatic hydroxyl groups excluding tert-OH is 2. The molecule has 0 unspecified atom stereocenters. The van der Waals surface area contributed by atoms with E-state index in [2.05, 4.69) is 37.6 Å². The van der Waals surface area contributed by atoms with Gasteiger partial charge in [0, 0.05) is 38.2 Å². The molecule has 0 saturated carbocycles. The topological polar surface area (TPSA) is 126 Å². The minimum atomic E-state index is -1.16. The van der Waals surface area contributed by atoms with Crippen LogP contribution in [-0.4, -0.2) is 72.5 Å². The van der Waals surface area contributed by atoms with Crippen LogP contribution in [0.5, 0.6) is 0 Å². The van der Waals surface area contributed by atoms with Gasteiger partial charge in [0.05, 0.1) is 24.8 Å². The Morgan fingerprint density at radius 3 is 2.62 bits per heavy atom. The van der Waals surface area contributed by atoms with Crippen molar-refractivity contribution in [1.29, 1.82) is 0 Å². The van der Waals surface area contributed by atoms with Gasteiger partial charge < -0.3 is 20.3 Å². The van der Waals surface area contributed by atoms with E-state index in [4.69, 9.17) is 4.74 Å². The Hall–Kier alpha value is -3.18. The molecule has 0 bridgehead atoms. The number of carbonyl (C=O) groups is 1. The van der Waals surface area contributed by atoms with E-state index < -0.39 is 24.4 Å². The van der Waals surface area contributed by atoms with Gasteiger partial charge >= 0.3 is 0 Å². The summed E-state index contributed by atoms with van der Waals surface area (Å²) in [6.07, 6.45) is 1.32. The van der Waals surface area contributed by atoms with Gasteiger partial charge in [-0.2, -0.15) is 0 Å². The second-order valence-electron chi connectivity index (χ2n) is 8.63. The molecule has 1 saturated heterocycles. The Morgan fingerprint density at radius 2 is 1.85 bits per heavy atom. The van der Waals surface area contributed by atoms with Crippen molar-refractivity contribution in [3.8, 4) is 0 Å². The van der Waals surface area contributed by atoms with E-state index in [0.29, 0.717) is 13.1 Å². The lowest BCUT2D eigenvalue weighted by atomic mass is 10.1. The molecule has 10 heteroatoms. The van der Waals surface area contributed by atoms with Crippen LogP contribution in [0.1, 0.15) is 23.2 Å². The maximum atomic E-state index is 12.3. The SMILES string of the molecule is CN(Cc1ccccc1)Cc1cn(C[C@H]2O[C@@H](CC(=O)NCc3cccnc3)[C@H](O)[C@@H]2O)nn1. The van der Waals surface area contributed by atoms with Crippen LogP contribution in [0.3, 0.4) is 0 Å². The molecule has 4 atom stereocenters. The van der Waals surface area contributed by atoms with Gasteiger partial charge in [0.2, 0.25) is 5.91 Å². The number of hydrogen-bond acceptors (Lipinski definition) is 8. The van der Waals surface area contributed by atoms with Crippen LogP contribution >= 0.6 is 0 Å². The lowest BCUT2D eigenvalue weighted by Gasteiger charge is -2.15. The molecule has 2 aromatic heterocycles. The van der Waals surface area contributed by atoms with Gasteiger partial charge in [-0.15, -0.1) is 5.10 Å². The van der Waals surface area contributed by atoms with Gasteiger partial charge in [0.15, 0.2) is 0 Å². The first-order chi connectivity index (χ1) is 16.5. The van der Waals surface area contributed by atoms with Crippen molar-refractivity contribution < 1.29 is 19.7 Å². The highest BCUT2D eigenvalue weighted by molar-refractivity contribution is 5.76. The first-order valence-corrected chi connectivity index (χ1v) is 11.3. The molecule has 180 valence electrons. The number of nitrogens with zero attached hydrogens (tertiary/aromatic N) is 5. The fourth-order valence-corrected chi connectivity index (χ4v) is 4.02. The van der Waals surface area contributed by atoms with Crippen molar-refractivity contribution in [1.82, 2.24) is 30.2 Å². The third kappa shape index (κ3) is 6.45. The molecule has 1 amide bonds. The molecule has 10 nitrogen and oxygen atoms in total. The fraction of sp³-hybridized carbons (Fsp3) is 0.417. The van der Waals surface area contributed by atoms with Crippen molar-refractivity contribution in [2.75, 3.05) is 7.05 Å². The summed E-state index contributed by atoms with van der Waals surface area (Å²) in [6, 6.07) is 13.8. The summed E-state index contributed by atoms with van der Waals surface area (Å²) in [5.74, 6) is -0.273. The zero-order chi connectivity index (χ0) is 23.9. The molecule has 0 radical (unpaired) electrons. The number of amides is 1. The Morgan fingerprint density at radius 1 is 1.09 bits per heavy atom. The third-order valence-corrected chi connectivity index (χ3v) is 5.74. The van der Waals surface area contributed by atoms with Crippen LogP contribution in [0.25, 0.3) is 0 Å². The van der Waals surface area contributed by atoms with Gasteiger partial charge in [0.25, 0.3) is 0 Å². The van der Waals surface area contributed by atoms with E-state index in [1.165, 1.54) is 5.56 Å². The summed E-state index contributed by atoms with van der Waals surface area (Å²) in [5, 5.41) is 31.9. The molecule has 3 aromatic rings. The van der Waals surface area contributed by atoms with Crippen molar-refractivity contribution in [2.45, 2.75) is 57.0 Å². The molecule has 3 heterocycles. The van der Waals surface area contributed by atoms with Gasteiger partial charge in [-0.1, -0.05) is 41.6 Å². The Kier molecular flexibility index (Phi) is 7.96. The quantitative estimate of drug-likeness (QED) is 0.395. The average molecular weight is 467 g/mol. The van der Waals surface area contributed by atoms with E-state index in [-0.39, 0.29) is 18.9 Å². The first-order valence-electron chi connectivity index (χ1n) is 11.3. The van der Waals surface area contributed by atoms with Crippen LogP contribution in [0.15, 0.2) is 61.1 Å². The highest BCUT2D eigenvalue weighted by Crippen LogP contribution is 2.25. The zero-order valence-electron chi connectivity index (χ0n) is 19.1. The zero-order valence-corrected chi connectivity index (χ0v) is 19.1. The number of pyridine rings is 1. The number of aliphatic hydroxyl groups is 2. The summed E-state index contributed by atoms with van der Waals surface area (Å²) < 4.78 is 7.40. The maximum absolute atomic E-state index is 12.3. The van der Waals surface area contributed by atoms with E-state index in [1.54, 1.807) is 29.3 Å². The maximum Gasteiger partial charge on any atom is 0.222 e. The van der Waals surface area contributed by atoms with E-state index in [0.717, 1.165) is 17.8 Å². The fourth-order valence-electron chi connectivity index (χ4n) is 4.02. The summed E-state index contributed by atoms with van der Waals surface area (Å²) in [7, 11) is 2.01. The Bertz CT molecular complexity index is 1050. The molecular formula is C24H30N6O4.